The number of hydrogen-bond donors (Lipinski definition) is 2. The molecule has 656 valence electrons. The van der Waals surface area contributed by atoms with Crippen LogP contribution in [0.1, 0.15) is 105 Å². The number of nitrogens with two attached hydrogens (primary N) is 2. The van der Waals surface area contributed by atoms with E-state index in [0.717, 1.165) is 97.5 Å². The quantitative estimate of drug-likeness (QED) is 0.0998. The molecule has 0 aliphatic heterocycles. The monoisotopic (exact) mass is 1940 g/mol. The van der Waals surface area contributed by atoms with Crippen molar-refractivity contribution in [3.05, 3.63) is 489 Å². The Morgan fingerprint density at radius 2 is 0.305 bits per heavy atom. The lowest BCUT2D eigenvalue weighted by atomic mass is 10.0. The van der Waals surface area contributed by atoms with E-state index in [2.05, 4.69) is 481 Å². The molecule has 0 aliphatic rings. The predicted octanol–water partition coefficient (Wildman–Crippen LogP) is 38.6. The van der Waals surface area contributed by atoms with Crippen molar-refractivity contribution in [2.24, 2.45) is 0 Å². The Morgan fingerprint density at radius 3 is 0.484 bits per heavy atom. The summed E-state index contributed by atoms with van der Waals surface area (Å²) in [6.45, 7) is 32.5. The van der Waals surface area contributed by atoms with Crippen LogP contribution in [-0.2, 0) is 0 Å². The first-order chi connectivity index (χ1) is 62.6. The van der Waals surface area contributed by atoms with Crippen LogP contribution >= 0.6 is 63.7 Å². The number of para-hydroxylation sites is 6. The molecule has 17 rings (SSSR count). The van der Waals surface area contributed by atoms with Crippen LogP contribution in [0.4, 0.5) is 79.6 Å². The highest BCUT2D eigenvalue weighted by molar-refractivity contribution is 9.11. The minimum Gasteiger partial charge on any atom is -0.399 e. The molecule has 0 aliphatic carbocycles. The van der Waals surface area contributed by atoms with Gasteiger partial charge >= 0.3 is 0 Å². The number of aryl methyl sites for hydroxylation is 4. The summed E-state index contributed by atoms with van der Waals surface area (Å²) in [5.41, 5.74) is 38.3. The Bertz CT molecular complexity index is 5550. The van der Waals surface area contributed by atoms with Gasteiger partial charge in [0.1, 0.15) is 0 Å². The zero-order valence-electron chi connectivity index (χ0n) is 77.2. The van der Waals surface area contributed by atoms with Crippen LogP contribution < -0.4 is 31.1 Å². The molecule has 0 saturated carbocycles. The van der Waals surface area contributed by atoms with Crippen LogP contribution in [0.2, 0.25) is 0 Å². The fourth-order valence-corrected chi connectivity index (χ4v) is 14.3. The van der Waals surface area contributed by atoms with Crippen molar-refractivity contribution in [1.82, 2.24) is 0 Å². The summed E-state index contributed by atoms with van der Waals surface area (Å²) in [4.78, 5) is 9.16. The van der Waals surface area contributed by atoms with Crippen LogP contribution in [0.15, 0.2) is 467 Å². The second-order valence-corrected chi connectivity index (χ2v) is 31.2. The standard InChI is InChI=1S/C37H29BrN2.2C25H20BrN.C7H7Br.2C6H7N.6C2H6/c1-28-9-8-14-37(27-28)40(33-12-6-3-7-13-33)35-23-17-30(18-24-35)29-15-21-34(22-16-29)39(32-10-4-2-5-11-32)36-25-19-31(38)20-26-36;2*1-19-6-5-9-25(18-19)27(23-7-3-2-4-8-23)24-16-12-21(13-17-24)20-10-14-22(26)15-11-20;1-6-3-2-4-7(8)5-6;2*7-6-4-2-1-3-5-6;6*1-2/h2-27H,1H3;2*2-18H,1H3;2-5H,1H3;2*1-5H,7H2;6*1-2H3. The molecule has 6 nitrogen and oxygen atoms in total. The lowest BCUT2D eigenvalue weighted by Crippen LogP contribution is -2.10. The molecule has 0 aromatic heterocycles. The van der Waals surface area contributed by atoms with Gasteiger partial charge in [0.05, 0.1) is 0 Å². The van der Waals surface area contributed by atoms with Crippen LogP contribution in [0.3, 0.4) is 0 Å². The van der Waals surface area contributed by atoms with Crippen LogP contribution in [0.25, 0.3) is 33.4 Å². The number of hydrogen-bond acceptors (Lipinski definition) is 6. The third kappa shape index (κ3) is 34.0. The van der Waals surface area contributed by atoms with E-state index in [1.807, 2.05) is 162 Å². The normalized spacial score (nSPS) is 9.62. The zero-order chi connectivity index (χ0) is 92.8. The maximum atomic E-state index is 5.36. The molecular weight excluding hydrogens is 1820 g/mol. The Balaban J connectivity index is 0.000000254. The van der Waals surface area contributed by atoms with E-state index < -0.39 is 0 Å². The van der Waals surface area contributed by atoms with Crippen molar-refractivity contribution >= 4 is 143 Å². The van der Waals surface area contributed by atoms with E-state index in [0.29, 0.717) is 0 Å². The fraction of sp³-hybridized carbons (Fsp3) is 0.136. The minimum atomic E-state index is 0.822. The van der Waals surface area contributed by atoms with Gasteiger partial charge in [-0.15, -0.1) is 0 Å². The van der Waals surface area contributed by atoms with E-state index in [9.17, 15) is 0 Å². The molecule has 0 radical (unpaired) electrons. The predicted molar refractivity (Wildman–Crippen MR) is 580 cm³/mol. The van der Waals surface area contributed by atoms with Gasteiger partial charge in [-0.2, -0.15) is 0 Å². The van der Waals surface area contributed by atoms with Crippen molar-refractivity contribution < 1.29 is 0 Å². The third-order valence-corrected chi connectivity index (χ3v) is 20.8. The van der Waals surface area contributed by atoms with Crippen LogP contribution in [-0.4, -0.2) is 0 Å². The molecule has 17 aromatic carbocycles. The van der Waals surface area contributed by atoms with Crippen molar-refractivity contribution in [3.8, 4) is 33.4 Å². The van der Waals surface area contributed by atoms with Gasteiger partial charge in [0.15, 0.2) is 0 Å². The van der Waals surface area contributed by atoms with Crippen LogP contribution in [0, 0.1) is 27.7 Å². The molecule has 0 unspecified atom stereocenters. The zero-order valence-corrected chi connectivity index (χ0v) is 83.5. The molecule has 0 saturated heterocycles. The van der Waals surface area contributed by atoms with Gasteiger partial charge in [0.2, 0.25) is 0 Å². The summed E-state index contributed by atoms with van der Waals surface area (Å²) in [5.74, 6) is 0. The molecule has 10 heteroatoms. The summed E-state index contributed by atoms with van der Waals surface area (Å²) >= 11 is 13.9. The highest BCUT2D eigenvalue weighted by atomic mass is 79.9. The Kier molecular flexibility index (Phi) is 48.4. The van der Waals surface area contributed by atoms with Crippen molar-refractivity contribution in [2.45, 2.75) is 111 Å². The van der Waals surface area contributed by atoms with E-state index in [1.54, 1.807) is 0 Å². The molecule has 4 N–H and O–H groups in total. The minimum absolute atomic E-state index is 0.822. The molecule has 0 amide bonds. The molecule has 0 atom stereocenters. The van der Waals surface area contributed by atoms with Gasteiger partial charge in [0, 0.05) is 97.5 Å². The maximum Gasteiger partial charge on any atom is 0.0464 e. The van der Waals surface area contributed by atoms with E-state index in [4.69, 9.17) is 11.5 Å². The molecule has 0 bridgehead atoms. The summed E-state index contributed by atoms with van der Waals surface area (Å²) in [6, 6.07) is 155. The van der Waals surface area contributed by atoms with Gasteiger partial charge in [-0.3, -0.25) is 0 Å². The molecular formula is C118H126Br4N6. The summed E-state index contributed by atoms with van der Waals surface area (Å²) in [7, 11) is 0. The van der Waals surface area contributed by atoms with Crippen molar-refractivity contribution in [1.29, 1.82) is 0 Å². The third-order valence-electron chi connectivity index (χ3n) is 18.7. The van der Waals surface area contributed by atoms with Gasteiger partial charge < -0.3 is 31.1 Å². The molecule has 0 spiro atoms. The number of rotatable bonds is 15. The molecule has 17 aromatic rings. The number of anilines is 14. The molecule has 0 heterocycles. The van der Waals surface area contributed by atoms with E-state index in [-0.39, 0.29) is 0 Å². The SMILES string of the molecule is CC.CC.CC.CC.CC.CC.Cc1cccc(Br)c1.Cc1cccc(N(c2ccccc2)c2ccc(-c3ccc(Br)cc3)cc2)c1.Cc1cccc(N(c2ccccc2)c2ccc(-c3ccc(Br)cc3)cc2)c1.Cc1cccc(N(c2ccccc2)c2ccc(-c3ccc(N(c4ccccc4)c4ccc(Br)cc4)cc3)cc2)c1.Nc1ccccc1.Nc1ccccc1. The highest BCUT2D eigenvalue weighted by Gasteiger charge is 2.18. The number of nitrogens with zero attached hydrogens (tertiary/aromatic N) is 4. The first kappa shape index (κ1) is 104. The Labute approximate surface area is 800 Å². The van der Waals surface area contributed by atoms with Gasteiger partial charge in [0.25, 0.3) is 0 Å². The largest absolute Gasteiger partial charge is 0.399 e. The first-order valence-electron chi connectivity index (χ1n) is 44.3. The van der Waals surface area contributed by atoms with Gasteiger partial charge in [-0.1, -0.05) is 383 Å². The number of nitrogen functional groups attached to an aromatic ring is 2. The maximum absolute atomic E-state index is 5.36. The van der Waals surface area contributed by atoms with Crippen molar-refractivity contribution in [3.63, 3.8) is 0 Å². The molecule has 128 heavy (non-hydrogen) atoms. The Morgan fingerprint density at radius 1 is 0.148 bits per heavy atom. The first-order valence-corrected chi connectivity index (χ1v) is 47.4. The van der Waals surface area contributed by atoms with Gasteiger partial charge in [-0.25, -0.2) is 0 Å². The number of halogens is 4. The summed E-state index contributed by atoms with van der Waals surface area (Å²) in [5, 5.41) is 0. The second-order valence-electron chi connectivity index (χ2n) is 27.5. The fourth-order valence-electron chi connectivity index (χ4n) is 13.0. The average molecular weight is 1950 g/mol. The van der Waals surface area contributed by atoms with E-state index >= 15 is 0 Å². The topological polar surface area (TPSA) is 65.0 Å². The second kappa shape index (κ2) is 59.4. The lowest BCUT2D eigenvalue weighted by molar-refractivity contribution is 1.27. The summed E-state index contributed by atoms with van der Waals surface area (Å²) in [6.07, 6.45) is 0. The van der Waals surface area contributed by atoms with E-state index in [1.165, 1.54) is 55.6 Å². The smallest absolute Gasteiger partial charge is 0.0464 e. The average Bonchev–Trinajstić information content (AvgIpc) is 0.826. The lowest BCUT2D eigenvalue weighted by Gasteiger charge is -2.26. The summed E-state index contributed by atoms with van der Waals surface area (Å²) < 4.78 is 4.41. The van der Waals surface area contributed by atoms with Crippen LogP contribution in [0.5, 0.6) is 0 Å². The van der Waals surface area contributed by atoms with Gasteiger partial charge in [-0.05, 0) is 296 Å². The highest BCUT2D eigenvalue weighted by Crippen LogP contribution is 2.42. The van der Waals surface area contributed by atoms with Crippen molar-refractivity contribution in [2.75, 3.05) is 31.1 Å². The molecule has 0 fully saturated rings. The Hall–Kier alpha value is -12.5. The number of benzene rings is 17.